The van der Waals surface area contributed by atoms with E-state index in [1.165, 1.54) is 12.1 Å². The van der Waals surface area contributed by atoms with Gasteiger partial charge in [-0.3, -0.25) is 9.78 Å². The van der Waals surface area contributed by atoms with Crippen molar-refractivity contribution in [3.63, 3.8) is 0 Å². The lowest BCUT2D eigenvalue weighted by Crippen LogP contribution is -2.13. The van der Waals surface area contributed by atoms with E-state index in [0.717, 1.165) is 0 Å². The largest absolute Gasteiger partial charge is 0.422 e. The van der Waals surface area contributed by atoms with Gasteiger partial charge in [0.1, 0.15) is 5.75 Å². The monoisotopic (exact) mass is 436 g/mol. The van der Waals surface area contributed by atoms with Crippen molar-refractivity contribution in [2.75, 3.05) is 5.32 Å². The van der Waals surface area contributed by atoms with E-state index in [2.05, 4.69) is 10.3 Å². The highest BCUT2D eigenvalue weighted by Crippen LogP contribution is 2.31. The average Bonchev–Trinajstić information content (AvgIpc) is 2.75. The Kier molecular flexibility index (Phi) is 5.65. The third kappa shape index (κ3) is 4.27. The van der Waals surface area contributed by atoms with Crippen LogP contribution in [0.15, 0.2) is 79.0 Å². The van der Waals surface area contributed by atoms with Crippen molar-refractivity contribution in [1.29, 1.82) is 0 Å². The van der Waals surface area contributed by atoms with E-state index in [0.29, 0.717) is 43.5 Å². The fourth-order valence-corrected chi connectivity index (χ4v) is 3.47. The number of carbonyl (C=O) groups excluding carboxylic acids is 2. The number of rotatable bonds is 4. The lowest BCUT2D eigenvalue weighted by molar-refractivity contribution is 0.0737. The number of esters is 1. The van der Waals surface area contributed by atoms with Gasteiger partial charge in [-0.25, -0.2) is 4.79 Å². The highest BCUT2D eigenvalue weighted by molar-refractivity contribution is 6.35. The van der Waals surface area contributed by atoms with Gasteiger partial charge in [-0.05, 0) is 54.6 Å². The summed E-state index contributed by atoms with van der Waals surface area (Å²) in [5.41, 5.74) is 1.70. The first-order valence-electron chi connectivity index (χ1n) is 8.94. The van der Waals surface area contributed by atoms with E-state index in [9.17, 15) is 9.59 Å². The van der Waals surface area contributed by atoms with Crippen molar-refractivity contribution in [2.45, 2.75) is 0 Å². The van der Waals surface area contributed by atoms with Crippen LogP contribution in [0.2, 0.25) is 10.0 Å². The summed E-state index contributed by atoms with van der Waals surface area (Å²) >= 11 is 12.0. The highest BCUT2D eigenvalue weighted by Gasteiger charge is 2.15. The zero-order chi connectivity index (χ0) is 21.1. The maximum absolute atomic E-state index is 12.7. The fourth-order valence-electron chi connectivity index (χ4n) is 2.95. The Bertz CT molecular complexity index is 1240. The molecule has 0 atom stereocenters. The van der Waals surface area contributed by atoms with Crippen LogP contribution >= 0.6 is 23.2 Å². The number of ether oxygens (including phenoxy) is 1. The number of fused-ring (bicyclic) bond motifs is 1. The number of pyridine rings is 1. The molecule has 148 valence electrons. The third-order valence-electron chi connectivity index (χ3n) is 4.31. The Hall–Kier alpha value is -3.41. The summed E-state index contributed by atoms with van der Waals surface area (Å²) in [5, 5.41) is 4.12. The number of amides is 1. The van der Waals surface area contributed by atoms with Gasteiger partial charge >= 0.3 is 5.97 Å². The van der Waals surface area contributed by atoms with Crippen molar-refractivity contribution in [1.82, 2.24) is 4.98 Å². The topological polar surface area (TPSA) is 68.3 Å². The summed E-state index contributed by atoms with van der Waals surface area (Å²) in [7, 11) is 0. The number of hydrogen-bond donors (Lipinski definition) is 1. The second-order valence-corrected chi connectivity index (χ2v) is 7.25. The van der Waals surface area contributed by atoms with E-state index < -0.39 is 5.97 Å². The molecule has 4 aromatic rings. The molecule has 0 aliphatic heterocycles. The summed E-state index contributed by atoms with van der Waals surface area (Å²) in [5.74, 6) is -0.526. The summed E-state index contributed by atoms with van der Waals surface area (Å²) < 4.78 is 5.56. The number of hydrogen-bond acceptors (Lipinski definition) is 4. The van der Waals surface area contributed by atoms with Gasteiger partial charge in [0.15, 0.2) is 0 Å². The quantitative estimate of drug-likeness (QED) is 0.314. The molecule has 0 aliphatic carbocycles. The van der Waals surface area contributed by atoms with Crippen molar-refractivity contribution in [3.05, 3.63) is 100 Å². The van der Waals surface area contributed by atoms with Crippen molar-refractivity contribution >= 4 is 51.7 Å². The SMILES string of the molecule is O=C(Nc1ccc(OC(=O)c2ccccc2)c2cccnc12)c1cc(Cl)cc(Cl)c1. The number of anilines is 1. The molecule has 0 fully saturated rings. The molecule has 0 spiro atoms. The zero-order valence-corrected chi connectivity index (χ0v) is 16.9. The number of benzene rings is 3. The Morgan fingerprint density at radius 3 is 2.30 bits per heavy atom. The molecule has 0 bridgehead atoms. The number of halogens is 2. The first kappa shape index (κ1) is 19.9. The minimum absolute atomic E-state index is 0.316. The first-order chi connectivity index (χ1) is 14.5. The molecular formula is C23H14Cl2N2O3. The lowest BCUT2D eigenvalue weighted by Gasteiger charge is -2.12. The third-order valence-corrected chi connectivity index (χ3v) is 4.75. The van der Waals surface area contributed by atoms with Gasteiger partial charge in [0.25, 0.3) is 5.91 Å². The molecule has 1 aromatic heterocycles. The van der Waals surface area contributed by atoms with E-state index in [1.807, 2.05) is 6.07 Å². The van der Waals surface area contributed by atoms with Crippen LogP contribution in [0.5, 0.6) is 5.75 Å². The molecule has 0 saturated heterocycles. The Balaban J connectivity index is 1.65. The van der Waals surface area contributed by atoms with Crippen molar-refractivity contribution in [3.8, 4) is 5.75 Å². The Morgan fingerprint density at radius 1 is 0.833 bits per heavy atom. The summed E-state index contributed by atoms with van der Waals surface area (Å²) in [6.07, 6.45) is 1.59. The first-order valence-corrected chi connectivity index (χ1v) is 9.69. The van der Waals surface area contributed by atoms with Gasteiger partial charge in [0.05, 0.1) is 16.8 Å². The molecule has 0 radical (unpaired) electrons. The number of aromatic nitrogens is 1. The van der Waals surface area contributed by atoms with Crippen LogP contribution in [-0.2, 0) is 0 Å². The molecule has 3 aromatic carbocycles. The molecule has 30 heavy (non-hydrogen) atoms. The van der Waals surface area contributed by atoms with E-state index in [1.54, 1.807) is 60.8 Å². The van der Waals surface area contributed by atoms with Crippen LogP contribution in [0.25, 0.3) is 10.9 Å². The van der Waals surface area contributed by atoms with Gasteiger partial charge in [-0.1, -0.05) is 41.4 Å². The lowest BCUT2D eigenvalue weighted by atomic mass is 10.1. The molecule has 0 unspecified atom stereocenters. The van der Waals surface area contributed by atoms with Gasteiger partial charge in [-0.15, -0.1) is 0 Å². The molecule has 7 heteroatoms. The molecule has 1 N–H and O–H groups in total. The van der Waals surface area contributed by atoms with E-state index in [-0.39, 0.29) is 5.91 Å². The number of nitrogens with one attached hydrogen (secondary N) is 1. The molecule has 0 saturated carbocycles. The van der Waals surface area contributed by atoms with Crippen molar-refractivity contribution in [2.24, 2.45) is 0 Å². The van der Waals surface area contributed by atoms with Gasteiger partial charge in [0, 0.05) is 27.2 Å². The molecule has 1 heterocycles. The standard InChI is InChI=1S/C23H14Cl2N2O3/c24-16-11-15(12-17(25)13-16)22(28)27-19-8-9-20(18-7-4-10-26-21(18)19)30-23(29)14-5-2-1-3-6-14/h1-13H,(H,27,28). The molecular weight excluding hydrogens is 423 g/mol. The van der Waals surface area contributed by atoms with Crippen molar-refractivity contribution < 1.29 is 14.3 Å². The summed E-state index contributed by atoms with van der Waals surface area (Å²) in [4.78, 5) is 29.4. The van der Waals surface area contributed by atoms with Crippen LogP contribution in [0.4, 0.5) is 5.69 Å². The minimum atomic E-state index is -0.480. The molecule has 0 aliphatic rings. The van der Waals surface area contributed by atoms with Crippen LogP contribution in [0.1, 0.15) is 20.7 Å². The van der Waals surface area contributed by atoms with Crippen LogP contribution in [-0.4, -0.2) is 16.9 Å². The Labute approximate surface area is 182 Å². The fraction of sp³-hybridized carbons (Fsp3) is 0. The smallest absolute Gasteiger partial charge is 0.343 e. The van der Waals surface area contributed by atoms with Gasteiger partial charge < -0.3 is 10.1 Å². The zero-order valence-electron chi connectivity index (χ0n) is 15.4. The predicted octanol–water partition coefficient (Wildman–Crippen LogP) is 6.01. The maximum atomic E-state index is 12.7. The van der Waals surface area contributed by atoms with Gasteiger partial charge in [-0.2, -0.15) is 0 Å². The average molecular weight is 437 g/mol. The summed E-state index contributed by atoms with van der Waals surface area (Å²) in [6.45, 7) is 0. The van der Waals surface area contributed by atoms with Crippen LogP contribution < -0.4 is 10.1 Å². The molecule has 1 amide bonds. The maximum Gasteiger partial charge on any atom is 0.343 e. The normalized spacial score (nSPS) is 10.6. The second-order valence-electron chi connectivity index (χ2n) is 6.38. The predicted molar refractivity (Wildman–Crippen MR) is 118 cm³/mol. The summed E-state index contributed by atoms with van der Waals surface area (Å²) in [6, 6.07) is 20.0. The van der Waals surface area contributed by atoms with Gasteiger partial charge in [0.2, 0.25) is 0 Å². The van der Waals surface area contributed by atoms with E-state index >= 15 is 0 Å². The Morgan fingerprint density at radius 2 is 1.57 bits per heavy atom. The number of carbonyl (C=O) groups is 2. The van der Waals surface area contributed by atoms with Crippen LogP contribution in [0, 0.1) is 0 Å². The molecule has 5 nitrogen and oxygen atoms in total. The minimum Gasteiger partial charge on any atom is -0.422 e. The van der Waals surface area contributed by atoms with E-state index in [4.69, 9.17) is 27.9 Å². The second kappa shape index (κ2) is 8.53. The molecule has 4 rings (SSSR count). The van der Waals surface area contributed by atoms with Crippen LogP contribution in [0.3, 0.4) is 0 Å². The number of nitrogens with zero attached hydrogens (tertiary/aromatic N) is 1. The highest BCUT2D eigenvalue weighted by atomic mass is 35.5.